The molecular weight excluding hydrogens is 785 g/mol. The van der Waals surface area contributed by atoms with Crippen molar-refractivity contribution >= 4 is 34.1 Å². The van der Waals surface area contributed by atoms with Crippen LogP contribution in [0, 0.1) is 13.8 Å². The van der Waals surface area contributed by atoms with Crippen LogP contribution in [0.15, 0.2) is 243 Å². The molecule has 10 aromatic rings. The molecule has 0 heterocycles. The van der Waals surface area contributed by atoms with Crippen LogP contribution >= 0.6 is 0 Å². The smallest absolute Gasteiger partial charge is 0.0727 e. The summed E-state index contributed by atoms with van der Waals surface area (Å²) in [5.74, 6) is 0. The Kier molecular flexibility index (Phi) is 9.21. The standard InChI is InChI=1S/C63H46N2/c1-43-39-57-61(59(41-43)64(49-23-11-5-12-24-49)51-35-31-47(32-36-51)45-19-7-3-8-20-45)62-58(63(57)55-29-17-15-27-53(55)54-28-16-18-30-56(54)63)40-44(2)42-60(62)65(50-25-13-6-14-26-50)52-37-33-48(34-38-52)46-21-9-4-10-22-46/h3-42H,1-2H3. The number of nitrogens with zero attached hydrogens (tertiary/aromatic N) is 2. The van der Waals surface area contributed by atoms with Gasteiger partial charge in [-0.15, -0.1) is 0 Å². The maximum atomic E-state index is 2.49. The first kappa shape index (κ1) is 38.5. The van der Waals surface area contributed by atoms with E-state index in [0.29, 0.717) is 0 Å². The highest BCUT2D eigenvalue weighted by atomic mass is 15.2. The Labute approximate surface area is 382 Å². The number of para-hydroxylation sites is 2. The first-order chi connectivity index (χ1) is 32.1. The SMILES string of the molecule is Cc1cc(N(c2ccccc2)c2ccc(-c3ccccc3)cc2)c2c(c1)C1(c3ccccc3-c3ccccc31)c1cc(C)cc(N(c3ccccc3)c3ccc(-c4ccccc4)cc3)c1-2. The highest BCUT2D eigenvalue weighted by Gasteiger charge is 2.54. The van der Waals surface area contributed by atoms with Gasteiger partial charge in [0.05, 0.1) is 16.8 Å². The van der Waals surface area contributed by atoms with Crippen LogP contribution in [0.1, 0.15) is 33.4 Å². The van der Waals surface area contributed by atoms with Crippen molar-refractivity contribution in [3.63, 3.8) is 0 Å². The predicted octanol–water partition coefficient (Wildman–Crippen LogP) is 16.9. The molecule has 0 radical (unpaired) electrons. The lowest BCUT2D eigenvalue weighted by Gasteiger charge is -2.32. The Balaban J connectivity index is 1.19. The number of anilines is 6. The largest absolute Gasteiger partial charge is 0.310 e. The molecule has 0 amide bonds. The summed E-state index contributed by atoms with van der Waals surface area (Å²) in [6.07, 6.45) is 0. The van der Waals surface area contributed by atoms with E-state index in [2.05, 4.69) is 266 Å². The van der Waals surface area contributed by atoms with Gasteiger partial charge in [0.25, 0.3) is 0 Å². The molecule has 0 aliphatic heterocycles. The van der Waals surface area contributed by atoms with Gasteiger partial charge >= 0.3 is 0 Å². The monoisotopic (exact) mass is 830 g/mol. The summed E-state index contributed by atoms with van der Waals surface area (Å²) < 4.78 is 0. The number of benzene rings is 10. The average Bonchev–Trinajstić information content (AvgIpc) is 3.83. The van der Waals surface area contributed by atoms with Crippen molar-refractivity contribution in [1.29, 1.82) is 0 Å². The third kappa shape index (κ3) is 6.17. The zero-order valence-corrected chi connectivity index (χ0v) is 36.5. The summed E-state index contributed by atoms with van der Waals surface area (Å²) in [4.78, 5) is 4.97. The second kappa shape index (κ2) is 15.6. The molecule has 2 aliphatic rings. The lowest BCUT2D eigenvalue weighted by molar-refractivity contribution is 0.791. The molecule has 0 saturated carbocycles. The van der Waals surface area contributed by atoms with Gasteiger partial charge in [0.1, 0.15) is 0 Å². The van der Waals surface area contributed by atoms with Crippen molar-refractivity contribution in [3.8, 4) is 44.5 Å². The van der Waals surface area contributed by atoms with Gasteiger partial charge in [-0.05, 0) is 141 Å². The summed E-state index contributed by atoms with van der Waals surface area (Å²) in [6.45, 7) is 4.54. The minimum atomic E-state index is -0.571. The lowest BCUT2D eigenvalue weighted by Crippen LogP contribution is -2.26. The van der Waals surface area contributed by atoms with E-state index in [1.165, 1.54) is 77.9 Å². The van der Waals surface area contributed by atoms with Crippen molar-refractivity contribution in [2.75, 3.05) is 9.80 Å². The Morgan fingerprint density at radius 1 is 0.277 bits per heavy atom. The fraction of sp³-hybridized carbons (Fsp3) is 0.0476. The van der Waals surface area contributed by atoms with E-state index in [-0.39, 0.29) is 0 Å². The molecule has 0 N–H and O–H groups in total. The van der Waals surface area contributed by atoms with Gasteiger partial charge in [-0.25, -0.2) is 0 Å². The van der Waals surface area contributed by atoms with E-state index < -0.39 is 5.41 Å². The van der Waals surface area contributed by atoms with E-state index in [4.69, 9.17) is 0 Å². The van der Waals surface area contributed by atoms with Gasteiger partial charge in [-0.3, -0.25) is 0 Å². The quantitative estimate of drug-likeness (QED) is 0.151. The van der Waals surface area contributed by atoms with Crippen LogP contribution in [0.25, 0.3) is 44.5 Å². The average molecular weight is 831 g/mol. The third-order valence-corrected chi connectivity index (χ3v) is 13.5. The Morgan fingerprint density at radius 2 is 0.585 bits per heavy atom. The predicted molar refractivity (Wildman–Crippen MR) is 272 cm³/mol. The van der Waals surface area contributed by atoms with Crippen molar-refractivity contribution in [2.24, 2.45) is 0 Å². The molecule has 0 unspecified atom stereocenters. The van der Waals surface area contributed by atoms with Crippen LogP contribution < -0.4 is 9.80 Å². The van der Waals surface area contributed by atoms with Crippen LogP contribution in [0.3, 0.4) is 0 Å². The molecular formula is C63H46N2. The second-order valence-electron chi connectivity index (χ2n) is 17.4. The van der Waals surface area contributed by atoms with Crippen LogP contribution in [-0.4, -0.2) is 0 Å². The maximum absolute atomic E-state index is 2.49. The number of rotatable bonds is 8. The summed E-state index contributed by atoms with van der Waals surface area (Å²) in [5.41, 5.74) is 23.7. The van der Waals surface area contributed by atoms with E-state index in [1.54, 1.807) is 0 Å². The molecule has 0 fully saturated rings. The Morgan fingerprint density at radius 3 is 0.969 bits per heavy atom. The molecule has 1 spiro atoms. The topological polar surface area (TPSA) is 6.48 Å². The fourth-order valence-corrected chi connectivity index (χ4v) is 10.8. The van der Waals surface area contributed by atoms with Crippen LogP contribution in [0.4, 0.5) is 34.1 Å². The molecule has 2 nitrogen and oxygen atoms in total. The number of hydrogen-bond donors (Lipinski definition) is 0. The molecule has 0 aromatic heterocycles. The fourth-order valence-electron chi connectivity index (χ4n) is 10.8. The first-order valence-corrected chi connectivity index (χ1v) is 22.6. The highest BCUT2D eigenvalue weighted by molar-refractivity contribution is 6.06. The zero-order chi connectivity index (χ0) is 43.5. The first-order valence-electron chi connectivity index (χ1n) is 22.6. The summed E-state index contributed by atoms with van der Waals surface area (Å²) in [6, 6.07) is 89.4. The van der Waals surface area contributed by atoms with Gasteiger partial charge in [0, 0.05) is 33.9 Å². The van der Waals surface area contributed by atoms with E-state index in [0.717, 1.165) is 34.1 Å². The molecule has 65 heavy (non-hydrogen) atoms. The van der Waals surface area contributed by atoms with Crippen molar-refractivity contribution < 1.29 is 0 Å². The maximum Gasteiger partial charge on any atom is 0.0727 e. The van der Waals surface area contributed by atoms with Crippen molar-refractivity contribution in [2.45, 2.75) is 19.3 Å². The van der Waals surface area contributed by atoms with Crippen LogP contribution in [0.2, 0.25) is 0 Å². The van der Waals surface area contributed by atoms with Gasteiger partial charge in [-0.2, -0.15) is 0 Å². The van der Waals surface area contributed by atoms with Gasteiger partial charge in [0.15, 0.2) is 0 Å². The van der Waals surface area contributed by atoms with Gasteiger partial charge < -0.3 is 9.80 Å². The van der Waals surface area contributed by atoms with Crippen molar-refractivity contribution in [1.82, 2.24) is 0 Å². The van der Waals surface area contributed by atoms with Crippen LogP contribution in [-0.2, 0) is 5.41 Å². The number of aryl methyl sites for hydroxylation is 2. The summed E-state index contributed by atoms with van der Waals surface area (Å²) in [5, 5.41) is 0. The van der Waals surface area contributed by atoms with Crippen molar-refractivity contribution in [3.05, 3.63) is 276 Å². The molecule has 0 atom stereocenters. The summed E-state index contributed by atoms with van der Waals surface area (Å²) in [7, 11) is 0. The molecule has 12 rings (SSSR count). The van der Waals surface area contributed by atoms with E-state index in [1.807, 2.05) is 0 Å². The third-order valence-electron chi connectivity index (χ3n) is 13.5. The minimum Gasteiger partial charge on any atom is -0.310 e. The van der Waals surface area contributed by atoms with E-state index >= 15 is 0 Å². The second-order valence-corrected chi connectivity index (χ2v) is 17.4. The normalized spacial score (nSPS) is 12.6. The molecule has 0 saturated heterocycles. The van der Waals surface area contributed by atoms with Gasteiger partial charge in [-0.1, -0.05) is 182 Å². The molecule has 2 heteroatoms. The Hall–Kier alpha value is -8.20. The van der Waals surface area contributed by atoms with E-state index in [9.17, 15) is 0 Å². The number of fused-ring (bicyclic) bond motifs is 10. The number of hydrogen-bond acceptors (Lipinski definition) is 2. The highest BCUT2D eigenvalue weighted by Crippen LogP contribution is 2.67. The molecule has 0 bridgehead atoms. The minimum absolute atomic E-state index is 0.571. The summed E-state index contributed by atoms with van der Waals surface area (Å²) >= 11 is 0. The molecule has 308 valence electrons. The Bertz CT molecular complexity index is 3130. The molecule has 2 aliphatic carbocycles. The molecule has 10 aromatic carbocycles. The zero-order valence-electron chi connectivity index (χ0n) is 36.5. The lowest BCUT2D eigenvalue weighted by atomic mass is 9.70. The van der Waals surface area contributed by atoms with Crippen LogP contribution in [0.5, 0.6) is 0 Å². The van der Waals surface area contributed by atoms with Gasteiger partial charge in [0.2, 0.25) is 0 Å².